The summed E-state index contributed by atoms with van der Waals surface area (Å²) in [6.45, 7) is 0.922. The maximum atomic E-state index is 12.7. The Balaban J connectivity index is 2.25. The average Bonchev–Trinajstić information content (AvgIpc) is 2.33. The van der Waals surface area contributed by atoms with Gasteiger partial charge in [-0.05, 0) is 37.1 Å². The first-order valence-corrected chi connectivity index (χ1v) is 5.29. The van der Waals surface area contributed by atoms with Gasteiger partial charge in [-0.2, -0.15) is 0 Å². The van der Waals surface area contributed by atoms with Gasteiger partial charge in [0.2, 0.25) is 0 Å². The maximum Gasteiger partial charge on any atom is 0.123 e. The Labute approximate surface area is 93.9 Å². The van der Waals surface area contributed by atoms with Crippen molar-refractivity contribution in [2.75, 3.05) is 6.54 Å². The van der Waals surface area contributed by atoms with Gasteiger partial charge in [0.15, 0.2) is 0 Å². The van der Waals surface area contributed by atoms with Crippen molar-refractivity contribution in [1.29, 1.82) is 0 Å². The summed E-state index contributed by atoms with van der Waals surface area (Å²) >= 11 is 0. The average molecular weight is 219 g/mol. The topological polar surface area (TPSA) is 50.4 Å². The van der Waals surface area contributed by atoms with Crippen LogP contribution in [0.4, 0.5) is 10.1 Å². The number of nitrogens with one attached hydrogen (secondary N) is 1. The van der Waals surface area contributed by atoms with E-state index in [1.807, 2.05) is 0 Å². The summed E-state index contributed by atoms with van der Waals surface area (Å²) in [6.07, 6.45) is 3.46. The Morgan fingerprint density at radius 3 is 2.75 bits per heavy atom. The molecular formula is C12H14FN3. The second-order valence-corrected chi connectivity index (χ2v) is 3.65. The molecule has 0 radical (unpaired) electrons. The van der Waals surface area contributed by atoms with E-state index in [0.29, 0.717) is 0 Å². The van der Waals surface area contributed by atoms with Crippen LogP contribution in [0.1, 0.15) is 12.8 Å². The number of hydrogen-bond acceptors (Lipinski definition) is 3. The van der Waals surface area contributed by atoms with Gasteiger partial charge in [0.25, 0.3) is 0 Å². The zero-order valence-electron chi connectivity index (χ0n) is 8.91. The molecule has 0 bridgehead atoms. The van der Waals surface area contributed by atoms with Gasteiger partial charge in [0.05, 0.1) is 17.1 Å². The van der Waals surface area contributed by atoms with Gasteiger partial charge in [-0.1, -0.05) is 0 Å². The predicted octanol–water partition coefficient (Wildman–Crippen LogP) is 2.08. The number of hydrogen-bond donors (Lipinski definition) is 2. The van der Waals surface area contributed by atoms with Gasteiger partial charge < -0.3 is 11.1 Å². The molecule has 1 aliphatic heterocycles. The molecule has 3 nitrogen and oxygen atoms in total. The summed E-state index contributed by atoms with van der Waals surface area (Å²) in [4.78, 5) is 4.45. The van der Waals surface area contributed by atoms with Crippen LogP contribution < -0.4 is 11.1 Å². The highest BCUT2D eigenvalue weighted by Gasteiger charge is 2.11. The van der Waals surface area contributed by atoms with Crippen LogP contribution in [0, 0.1) is 5.82 Å². The van der Waals surface area contributed by atoms with E-state index in [1.165, 1.54) is 18.3 Å². The second kappa shape index (κ2) is 4.79. The predicted molar refractivity (Wildman–Crippen MR) is 63.0 cm³/mol. The third-order valence-corrected chi connectivity index (χ3v) is 2.47. The van der Waals surface area contributed by atoms with E-state index in [1.54, 1.807) is 12.1 Å². The van der Waals surface area contributed by atoms with Crippen LogP contribution in [-0.2, 0) is 0 Å². The lowest BCUT2D eigenvalue weighted by Crippen LogP contribution is -2.28. The van der Waals surface area contributed by atoms with Crippen molar-refractivity contribution in [3.05, 3.63) is 42.0 Å². The van der Waals surface area contributed by atoms with E-state index in [2.05, 4.69) is 10.3 Å². The molecule has 84 valence electrons. The molecule has 1 saturated heterocycles. The molecule has 3 N–H and O–H groups in total. The van der Waals surface area contributed by atoms with Crippen LogP contribution in [0.15, 0.2) is 41.2 Å². The molecule has 0 aromatic heterocycles. The van der Waals surface area contributed by atoms with Crippen molar-refractivity contribution >= 4 is 11.4 Å². The van der Waals surface area contributed by atoms with Gasteiger partial charge in [-0.25, -0.2) is 4.39 Å². The first-order valence-electron chi connectivity index (χ1n) is 5.29. The van der Waals surface area contributed by atoms with Crippen molar-refractivity contribution in [2.45, 2.75) is 12.8 Å². The normalized spacial score (nSPS) is 21.1. The Bertz CT molecular complexity index is 420. The molecule has 0 spiro atoms. The van der Waals surface area contributed by atoms with Crippen molar-refractivity contribution in [2.24, 2.45) is 10.7 Å². The van der Waals surface area contributed by atoms with E-state index < -0.39 is 0 Å². The monoisotopic (exact) mass is 219 g/mol. The summed E-state index contributed by atoms with van der Waals surface area (Å²) in [5.74, 6) is -0.250. The molecule has 0 aliphatic carbocycles. The van der Waals surface area contributed by atoms with Gasteiger partial charge in [0, 0.05) is 12.7 Å². The fraction of sp³-hybridized carbons (Fsp3) is 0.250. The molecule has 0 saturated carbocycles. The minimum atomic E-state index is -0.250. The first kappa shape index (κ1) is 10.7. The Morgan fingerprint density at radius 1 is 1.31 bits per heavy atom. The summed E-state index contributed by atoms with van der Waals surface area (Å²) in [5.41, 5.74) is 8.06. The van der Waals surface area contributed by atoms with Gasteiger partial charge >= 0.3 is 0 Å². The first-order chi connectivity index (χ1) is 7.79. The van der Waals surface area contributed by atoms with Gasteiger partial charge in [0.1, 0.15) is 5.82 Å². The van der Waals surface area contributed by atoms with Crippen LogP contribution in [0.5, 0.6) is 0 Å². The maximum absolute atomic E-state index is 12.7. The van der Waals surface area contributed by atoms with Crippen molar-refractivity contribution in [1.82, 2.24) is 5.32 Å². The highest BCUT2D eigenvalue weighted by molar-refractivity contribution is 6.01. The third-order valence-electron chi connectivity index (χ3n) is 2.47. The van der Waals surface area contributed by atoms with Crippen molar-refractivity contribution < 1.29 is 4.39 Å². The molecule has 0 unspecified atom stereocenters. The summed E-state index contributed by atoms with van der Waals surface area (Å²) < 4.78 is 12.7. The summed E-state index contributed by atoms with van der Waals surface area (Å²) in [5, 5.41) is 3.18. The highest BCUT2D eigenvalue weighted by atomic mass is 19.1. The van der Waals surface area contributed by atoms with Crippen LogP contribution in [-0.4, -0.2) is 12.3 Å². The minimum Gasteiger partial charge on any atom is -0.403 e. The quantitative estimate of drug-likeness (QED) is 0.759. The summed E-state index contributed by atoms with van der Waals surface area (Å²) in [7, 11) is 0. The smallest absolute Gasteiger partial charge is 0.123 e. The Morgan fingerprint density at radius 2 is 2.06 bits per heavy atom. The Hall–Kier alpha value is -1.84. The van der Waals surface area contributed by atoms with E-state index >= 15 is 0 Å². The molecule has 1 fully saturated rings. The lowest BCUT2D eigenvalue weighted by atomic mass is 10.1. The highest BCUT2D eigenvalue weighted by Crippen LogP contribution is 2.17. The fourth-order valence-electron chi connectivity index (χ4n) is 1.66. The van der Waals surface area contributed by atoms with E-state index in [4.69, 9.17) is 5.73 Å². The van der Waals surface area contributed by atoms with E-state index in [0.717, 1.165) is 36.5 Å². The van der Waals surface area contributed by atoms with E-state index in [9.17, 15) is 4.39 Å². The molecule has 1 aromatic rings. The second-order valence-electron chi connectivity index (χ2n) is 3.65. The fourth-order valence-corrected chi connectivity index (χ4v) is 1.66. The van der Waals surface area contributed by atoms with Crippen LogP contribution in [0.25, 0.3) is 0 Å². The van der Waals surface area contributed by atoms with Crippen LogP contribution >= 0.6 is 0 Å². The zero-order chi connectivity index (χ0) is 11.4. The number of nitrogens with two attached hydrogens (primary N) is 1. The van der Waals surface area contributed by atoms with Crippen LogP contribution in [0.3, 0.4) is 0 Å². The minimum absolute atomic E-state index is 0.250. The largest absolute Gasteiger partial charge is 0.403 e. The number of halogens is 1. The molecule has 1 aliphatic rings. The number of aliphatic imine (C=N–C) groups is 1. The molecule has 16 heavy (non-hydrogen) atoms. The van der Waals surface area contributed by atoms with Gasteiger partial charge in [-0.3, -0.25) is 4.99 Å². The van der Waals surface area contributed by atoms with Crippen molar-refractivity contribution in [3.63, 3.8) is 0 Å². The lowest BCUT2D eigenvalue weighted by Gasteiger charge is -2.18. The summed E-state index contributed by atoms with van der Waals surface area (Å²) in [6, 6.07) is 6.12. The molecule has 2 rings (SSSR count). The van der Waals surface area contributed by atoms with Crippen molar-refractivity contribution in [3.8, 4) is 0 Å². The number of piperidine rings is 1. The van der Waals surface area contributed by atoms with Gasteiger partial charge in [-0.15, -0.1) is 0 Å². The molecule has 1 heterocycles. The molecule has 0 atom stereocenters. The Kier molecular flexibility index (Phi) is 3.19. The number of allylic oxidation sites excluding steroid dienone is 1. The SMILES string of the molecule is NC=C1NCCCC1=Nc1ccc(F)cc1. The molecule has 4 heteroatoms. The van der Waals surface area contributed by atoms with E-state index in [-0.39, 0.29) is 5.82 Å². The molecular weight excluding hydrogens is 205 g/mol. The zero-order valence-corrected chi connectivity index (χ0v) is 8.91. The third kappa shape index (κ3) is 2.39. The standard InChI is InChI=1S/C12H14FN3/c13-9-3-5-10(6-4-9)16-11-2-1-7-15-12(11)8-14/h3-6,8,15H,1-2,7,14H2. The lowest BCUT2D eigenvalue weighted by molar-refractivity contribution is 0.628. The molecule has 0 amide bonds. The number of nitrogens with zero attached hydrogens (tertiary/aromatic N) is 1. The number of benzene rings is 1. The van der Waals surface area contributed by atoms with Crippen LogP contribution in [0.2, 0.25) is 0 Å². The number of rotatable bonds is 1. The molecule has 1 aromatic carbocycles.